The van der Waals surface area contributed by atoms with Gasteiger partial charge in [0.2, 0.25) is 5.95 Å². The van der Waals surface area contributed by atoms with Gasteiger partial charge < -0.3 is 20.3 Å². The molecule has 0 radical (unpaired) electrons. The predicted octanol–water partition coefficient (Wildman–Crippen LogP) is 3.79. The van der Waals surface area contributed by atoms with Crippen LogP contribution in [0.4, 0.5) is 27.5 Å². The average Bonchev–Trinajstić information content (AvgIpc) is 3.18. The number of fused-ring (bicyclic) bond motifs is 1. The molecule has 3 heterocycles. The molecule has 0 bridgehead atoms. The number of alkyl halides is 1. The highest BCUT2D eigenvalue weighted by Gasteiger charge is 2.38. The number of aromatic nitrogens is 2. The summed E-state index contributed by atoms with van der Waals surface area (Å²) in [5.74, 6) is 1.21. The van der Waals surface area contributed by atoms with Crippen LogP contribution in [0, 0.1) is 0 Å². The lowest BCUT2D eigenvalue weighted by molar-refractivity contribution is 0.122. The van der Waals surface area contributed by atoms with E-state index in [0.717, 1.165) is 42.2 Å². The minimum absolute atomic E-state index is 0.133. The summed E-state index contributed by atoms with van der Waals surface area (Å²) in [5.41, 5.74) is 2.96. The molecule has 8 heteroatoms. The molecule has 2 N–H and O–H groups in total. The molecule has 0 unspecified atom stereocenters. The molecule has 6 nitrogen and oxygen atoms in total. The van der Waals surface area contributed by atoms with Crippen LogP contribution in [-0.4, -0.2) is 48.5 Å². The number of benzene rings is 1. The highest BCUT2D eigenvalue weighted by molar-refractivity contribution is 7.17. The first-order valence-electron chi connectivity index (χ1n) is 9.12. The van der Waals surface area contributed by atoms with Crippen LogP contribution in [0.3, 0.4) is 0 Å². The number of thiophene rings is 1. The van der Waals surface area contributed by atoms with E-state index in [4.69, 9.17) is 4.74 Å². The van der Waals surface area contributed by atoms with Gasteiger partial charge in [-0.25, -0.2) is 9.37 Å². The maximum Gasteiger partial charge on any atom is 0.229 e. The molecule has 1 saturated heterocycles. The Balaban J connectivity index is 1.36. The summed E-state index contributed by atoms with van der Waals surface area (Å²) in [6, 6.07) is 10.1. The quantitative estimate of drug-likeness (QED) is 0.697. The summed E-state index contributed by atoms with van der Waals surface area (Å²) in [5, 5.41) is 8.44. The Bertz CT molecular complexity index is 941. The van der Waals surface area contributed by atoms with Gasteiger partial charge in [-0.05, 0) is 35.7 Å². The summed E-state index contributed by atoms with van der Waals surface area (Å²) >= 11 is 1.56. The number of morpholine rings is 1. The van der Waals surface area contributed by atoms with Gasteiger partial charge in [0.05, 0.1) is 29.5 Å². The van der Waals surface area contributed by atoms with Gasteiger partial charge in [-0.1, -0.05) is 0 Å². The number of hydrogen-bond donors (Lipinski definition) is 2. The van der Waals surface area contributed by atoms with Crippen molar-refractivity contribution in [3.05, 3.63) is 35.7 Å². The van der Waals surface area contributed by atoms with Gasteiger partial charge in [-0.3, -0.25) is 0 Å². The molecule has 3 aromatic rings. The van der Waals surface area contributed by atoms with Crippen LogP contribution in [0.25, 0.3) is 10.2 Å². The van der Waals surface area contributed by atoms with Gasteiger partial charge in [-0.15, -0.1) is 11.3 Å². The van der Waals surface area contributed by atoms with Crippen molar-refractivity contribution in [2.45, 2.75) is 18.6 Å². The smallest absolute Gasteiger partial charge is 0.229 e. The second-order valence-corrected chi connectivity index (χ2v) is 7.72. The fraction of sp³-hybridized carbons (Fsp3) is 0.368. The van der Waals surface area contributed by atoms with Gasteiger partial charge in [0.25, 0.3) is 0 Å². The summed E-state index contributed by atoms with van der Waals surface area (Å²) in [4.78, 5) is 11.5. The zero-order chi connectivity index (χ0) is 18.2. The summed E-state index contributed by atoms with van der Waals surface area (Å²) in [6.07, 6.45) is -0.234. The third kappa shape index (κ3) is 3.54. The van der Waals surface area contributed by atoms with Crippen LogP contribution in [0.15, 0.2) is 35.7 Å². The highest BCUT2D eigenvalue weighted by Crippen LogP contribution is 2.34. The van der Waals surface area contributed by atoms with Crippen molar-refractivity contribution in [3.8, 4) is 0 Å². The van der Waals surface area contributed by atoms with E-state index in [1.54, 1.807) is 11.3 Å². The molecule has 2 fully saturated rings. The van der Waals surface area contributed by atoms with E-state index in [0.29, 0.717) is 18.2 Å². The first-order chi connectivity index (χ1) is 13.3. The Hall–Kier alpha value is -2.45. The topological polar surface area (TPSA) is 62.3 Å². The van der Waals surface area contributed by atoms with E-state index in [9.17, 15) is 4.39 Å². The van der Waals surface area contributed by atoms with Crippen LogP contribution in [0.1, 0.15) is 6.42 Å². The minimum atomic E-state index is -0.779. The number of nitrogens with zero attached hydrogens (tertiary/aromatic N) is 3. The van der Waals surface area contributed by atoms with Gasteiger partial charge in [0.15, 0.2) is 0 Å². The Kier molecular flexibility index (Phi) is 4.29. The van der Waals surface area contributed by atoms with Crippen molar-refractivity contribution in [3.63, 3.8) is 0 Å². The number of ether oxygens (including phenoxy) is 1. The Labute approximate surface area is 160 Å². The largest absolute Gasteiger partial charge is 0.378 e. The number of rotatable bonds is 5. The first-order valence-corrected chi connectivity index (χ1v) is 10.00. The standard InChI is InChI=1S/C19H20FN5OS/c20-14-11-16(14)22-18-17-15(5-10-27-17)23-19(24-18)21-12-1-3-13(4-2-12)25-6-8-26-9-7-25/h1-5,10,14,16H,6-9,11H2,(H2,21,22,23,24)/t14-,16+/m0/s1. The molecule has 2 aromatic heterocycles. The molecule has 1 aliphatic heterocycles. The molecule has 1 aromatic carbocycles. The summed E-state index contributed by atoms with van der Waals surface area (Å²) in [6.45, 7) is 3.36. The minimum Gasteiger partial charge on any atom is -0.378 e. The maximum atomic E-state index is 13.3. The fourth-order valence-corrected chi connectivity index (χ4v) is 4.00. The molecular formula is C19H20FN5OS. The van der Waals surface area contributed by atoms with Crippen molar-refractivity contribution >= 4 is 44.7 Å². The fourth-order valence-electron chi connectivity index (χ4n) is 3.21. The van der Waals surface area contributed by atoms with E-state index >= 15 is 0 Å². The Morgan fingerprint density at radius 1 is 1.11 bits per heavy atom. The monoisotopic (exact) mass is 385 g/mol. The second kappa shape index (κ2) is 6.94. The predicted molar refractivity (Wildman–Crippen MR) is 107 cm³/mol. The maximum absolute atomic E-state index is 13.3. The molecule has 0 spiro atoms. The van der Waals surface area contributed by atoms with E-state index in [1.165, 1.54) is 5.69 Å². The zero-order valence-electron chi connectivity index (χ0n) is 14.7. The van der Waals surface area contributed by atoms with Crippen LogP contribution >= 0.6 is 11.3 Å². The van der Waals surface area contributed by atoms with Crippen molar-refractivity contribution < 1.29 is 9.13 Å². The number of anilines is 4. The lowest BCUT2D eigenvalue weighted by Gasteiger charge is -2.28. The molecule has 140 valence electrons. The molecule has 27 heavy (non-hydrogen) atoms. The van der Waals surface area contributed by atoms with Crippen molar-refractivity contribution in [1.29, 1.82) is 0 Å². The van der Waals surface area contributed by atoms with Crippen molar-refractivity contribution in [2.75, 3.05) is 41.8 Å². The van der Waals surface area contributed by atoms with E-state index in [-0.39, 0.29) is 6.04 Å². The van der Waals surface area contributed by atoms with Gasteiger partial charge >= 0.3 is 0 Å². The molecule has 1 aliphatic carbocycles. The zero-order valence-corrected chi connectivity index (χ0v) is 15.5. The lowest BCUT2D eigenvalue weighted by Crippen LogP contribution is -2.36. The lowest BCUT2D eigenvalue weighted by atomic mass is 10.2. The second-order valence-electron chi connectivity index (χ2n) is 6.80. The SMILES string of the molecule is F[C@H]1C[C@H]1Nc1nc(Nc2ccc(N3CCOCC3)cc2)nc2ccsc12. The first kappa shape index (κ1) is 16.7. The van der Waals surface area contributed by atoms with Crippen molar-refractivity contribution in [2.24, 2.45) is 0 Å². The van der Waals surface area contributed by atoms with Crippen LogP contribution in [0.5, 0.6) is 0 Å². The van der Waals surface area contributed by atoms with Gasteiger partial charge in [0.1, 0.15) is 12.0 Å². The number of nitrogens with one attached hydrogen (secondary N) is 2. The van der Waals surface area contributed by atoms with Gasteiger partial charge in [0, 0.05) is 30.9 Å². The molecule has 0 amide bonds. The average molecular weight is 385 g/mol. The van der Waals surface area contributed by atoms with Crippen LogP contribution in [0.2, 0.25) is 0 Å². The normalized spacial score (nSPS) is 22.0. The van der Waals surface area contributed by atoms with E-state index in [1.807, 2.05) is 23.6 Å². The van der Waals surface area contributed by atoms with Crippen molar-refractivity contribution in [1.82, 2.24) is 9.97 Å². The van der Waals surface area contributed by atoms with Crippen LogP contribution in [-0.2, 0) is 4.74 Å². The molecule has 1 saturated carbocycles. The molecule has 2 atom stereocenters. The molecular weight excluding hydrogens is 365 g/mol. The molecule has 2 aliphatic rings. The van der Waals surface area contributed by atoms with Gasteiger partial charge in [-0.2, -0.15) is 4.98 Å². The summed E-state index contributed by atoms with van der Waals surface area (Å²) in [7, 11) is 0. The number of hydrogen-bond acceptors (Lipinski definition) is 7. The summed E-state index contributed by atoms with van der Waals surface area (Å²) < 4.78 is 19.7. The molecule has 5 rings (SSSR count). The highest BCUT2D eigenvalue weighted by atomic mass is 32.1. The van der Waals surface area contributed by atoms with Crippen LogP contribution < -0.4 is 15.5 Å². The van der Waals surface area contributed by atoms with E-state index in [2.05, 4.69) is 37.6 Å². The third-order valence-corrected chi connectivity index (χ3v) is 5.75. The third-order valence-electron chi connectivity index (χ3n) is 4.84. The van der Waals surface area contributed by atoms with E-state index < -0.39 is 6.17 Å². The Morgan fingerprint density at radius 3 is 2.63 bits per heavy atom. The Morgan fingerprint density at radius 2 is 1.89 bits per heavy atom. The number of halogens is 1.